The third-order valence-corrected chi connectivity index (χ3v) is 2.35. The zero-order valence-corrected chi connectivity index (χ0v) is 12.1. The van der Waals surface area contributed by atoms with Gasteiger partial charge in [-0.05, 0) is 24.4 Å². The lowest BCUT2D eigenvalue weighted by molar-refractivity contribution is -0.127. The van der Waals surface area contributed by atoms with E-state index in [9.17, 15) is 19.2 Å². The van der Waals surface area contributed by atoms with Gasteiger partial charge in [-0.2, -0.15) is 0 Å². The minimum absolute atomic E-state index is 0.157. The highest BCUT2D eigenvalue weighted by atomic mass is 35.5. The standard InChI is InChI=1S/C10H16Cl2N4O4/c11-5-10(20)16-15-9(19)4-2-1-3-8(18)14-13-6-7(12)17/h13H,1-6H2,(H,14,18)(H,15,19)(H,16,20). The molecule has 4 N–H and O–H groups in total. The number of hydrogen-bond donors (Lipinski definition) is 4. The molecule has 0 aliphatic heterocycles. The van der Waals surface area contributed by atoms with E-state index in [0.29, 0.717) is 12.8 Å². The van der Waals surface area contributed by atoms with Crippen molar-refractivity contribution in [2.75, 3.05) is 12.4 Å². The molecule has 0 rings (SSSR count). The highest BCUT2D eigenvalue weighted by Gasteiger charge is 2.05. The Labute approximate surface area is 125 Å². The van der Waals surface area contributed by atoms with E-state index >= 15 is 0 Å². The van der Waals surface area contributed by atoms with Gasteiger partial charge in [-0.3, -0.25) is 35.5 Å². The molecule has 0 heterocycles. The number of hydrazine groups is 2. The lowest BCUT2D eigenvalue weighted by Crippen LogP contribution is -2.42. The zero-order valence-electron chi connectivity index (χ0n) is 10.6. The zero-order chi connectivity index (χ0) is 15.4. The molecule has 8 nitrogen and oxygen atoms in total. The average Bonchev–Trinajstić information content (AvgIpc) is 2.40. The number of hydrogen-bond acceptors (Lipinski definition) is 5. The second-order valence-electron chi connectivity index (χ2n) is 3.69. The van der Waals surface area contributed by atoms with Crippen molar-refractivity contribution < 1.29 is 19.2 Å². The smallest absolute Gasteiger partial charge is 0.253 e. The van der Waals surface area contributed by atoms with Crippen molar-refractivity contribution in [2.24, 2.45) is 0 Å². The summed E-state index contributed by atoms with van der Waals surface area (Å²) in [5.74, 6) is -1.41. The van der Waals surface area contributed by atoms with E-state index in [1.807, 2.05) is 0 Å². The van der Waals surface area contributed by atoms with Gasteiger partial charge in [0.05, 0.1) is 6.54 Å². The van der Waals surface area contributed by atoms with Crippen LogP contribution in [0.3, 0.4) is 0 Å². The monoisotopic (exact) mass is 326 g/mol. The molecule has 3 amide bonds. The van der Waals surface area contributed by atoms with Gasteiger partial charge in [-0.15, -0.1) is 11.6 Å². The van der Waals surface area contributed by atoms with Crippen LogP contribution in [0.25, 0.3) is 0 Å². The predicted octanol–water partition coefficient (Wildman–Crippen LogP) is -0.681. The number of nitrogens with one attached hydrogen (secondary N) is 4. The fraction of sp³-hybridized carbons (Fsp3) is 0.600. The topological polar surface area (TPSA) is 116 Å². The van der Waals surface area contributed by atoms with Crippen molar-refractivity contribution in [1.29, 1.82) is 0 Å². The SMILES string of the molecule is O=C(Cl)CNNC(=O)CCCCC(=O)NNC(=O)CCl. The lowest BCUT2D eigenvalue weighted by Gasteiger charge is -2.06. The van der Waals surface area contributed by atoms with Crippen molar-refractivity contribution in [3.63, 3.8) is 0 Å². The number of carbonyl (C=O) groups is 4. The second kappa shape index (κ2) is 11.4. The normalized spacial score (nSPS) is 9.70. The third kappa shape index (κ3) is 11.7. The van der Waals surface area contributed by atoms with Gasteiger partial charge in [-0.25, -0.2) is 5.43 Å². The molecule has 0 atom stereocenters. The third-order valence-electron chi connectivity index (χ3n) is 1.98. The molecular weight excluding hydrogens is 311 g/mol. The average molecular weight is 327 g/mol. The van der Waals surface area contributed by atoms with Gasteiger partial charge >= 0.3 is 0 Å². The van der Waals surface area contributed by atoms with E-state index in [4.69, 9.17) is 23.2 Å². The molecule has 0 unspecified atom stereocenters. The summed E-state index contributed by atoms with van der Waals surface area (Å²) in [6, 6.07) is 0. The molecule has 0 aliphatic carbocycles. The largest absolute Gasteiger partial charge is 0.291 e. The van der Waals surface area contributed by atoms with E-state index < -0.39 is 11.1 Å². The Hall–Kier alpha value is -1.38. The van der Waals surface area contributed by atoms with Crippen molar-refractivity contribution >= 4 is 46.2 Å². The minimum atomic E-state index is -0.610. The van der Waals surface area contributed by atoms with Crippen LogP contribution in [-0.2, 0) is 19.2 Å². The molecule has 0 aliphatic rings. The van der Waals surface area contributed by atoms with Crippen LogP contribution in [0.2, 0.25) is 0 Å². The Kier molecular flexibility index (Phi) is 10.7. The Bertz CT molecular complexity index is 365. The van der Waals surface area contributed by atoms with Crippen molar-refractivity contribution in [1.82, 2.24) is 21.7 Å². The number of carbonyl (C=O) groups excluding carboxylic acids is 4. The molecule has 0 aromatic rings. The molecule has 114 valence electrons. The fourth-order valence-electron chi connectivity index (χ4n) is 1.08. The number of amides is 3. The van der Waals surface area contributed by atoms with Crippen LogP contribution >= 0.6 is 23.2 Å². The quantitative estimate of drug-likeness (QED) is 0.194. The maximum absolute atomic E-state index is 11.2. The second-order valence-corrected chi connectivity index (χ2v) is 4.38. The van der Waals surface area contributed by atoms with Gasteiger partial charge in [0, 0.05) is 12.8 Å². The Morgan fingerprint density at radius 1 is 0.800 bits per heavy atom. The fourth-order valence-corrected chi connectivity index (χ4v) is 1.21. The van der Waals surface area contributed by atoms with E-state index in [1.165, 1.54) is 0 Å². The summed E-state index contributed by atoms with van der Waals surface area (Å²) in [5, 5.41) is -0.610. The van der Waals surface area contributed by atoms with Gasteiger partial charge in [-0.1, -0.05) is 0 Å². The molecular formula is C10H16Cl2N4O4. The van der Waals surface area contributed by atoms with Crippen LogP contribution in [0, 0.1) is 0 Å². The number of rotatable bonds is 9. The van der Waals surface area contributed by atoms with Gasteiger partial charge < -0.3 is 0 Å². The Balaban J connectivity index is 3.50. The number of unbranched alkanes of at least 4 members (excludes halogenated alkanes) is 1. The maximum atomic E-state index is 11.2. The molecule has 0 bridgehead atoms. The van der Waals surface area contributed by atoms with Crippen LogP contribution in [0.15, 0.2) is 0 Å². The van der Waals surface area contributed by atoms with Crippen LogP contribution in [-0.4, -0.2) is 35.4 Å². The highest BCUT2D eigenvalue weighted by Crippen LogP contribution is 1.99. The number of halogens is 2. The van der Waals surface area contributed by atoms with Gasteiger partial charge in [0.25, 0.3) is 5.91 Å². The highest BCUT2D eigenvalue weighted by molar-refractivity contribution is 6.64. The maximum Gasteiger partial charge on any atom is 0.253 e. The molecule has 0 aromatic heterocycles. The molecule has 0 saturated heterocycles. The first-order chi connectivity index (χ1) is 9.45. The van der Waals surface area contributed by atoms with Gasteiger partial charge in [0.15, 0.2) is 0 Å². The molecule has 20 heavy (non-hydrogen) atoms. The minimum Gasteiger partial charge on any atom is -0.291 e. The van der Waals surface area contributed by atoms with Crippen LogP contribution in [0.5, 0.6) is 0 Å². The van der Waals surface area contributed by atoms with E-state index in [-0.39, 0.29) is 37.1 Å². The summed E-state index contributed by atoms with van der Waals surface area (Å²) >= 11 is 10.3. The molecule has 0 saturated carbocycles. The summed E-state index contributed by atoms with van der Waals surface area (Å²) < 4.78 is 0. The molecule has 0 aromatic carbocycles. The first-order valence-electron chi connectivity index (χ1n) is 5.79. The van der Waals surface area contributed by atoms with Gasteiger partial charge in [0.2, 0.25) is 17.1 Å². The molecule has 0 spiro atoms. The molecule has 0 fully saturated rings. The van der Waals surface area contributed by atoms with E-state index in [0.717, 1.165) is 0 Å². The Morgan fingerprint density at radius 2 is 1.30 bits per heavy atom. The summed E-state index contributed by atoms with van der Waals surface area (Å²) in [6.45, 7) is -0.157. The van der Waals surface area contributed by atoms with E-state index in [2.05, 4.69) is 21.7 Å². The van der Waals surface area contributed by atoms with Crippen LogP contribution in [0.4, 0.5) is 0 Å². The predicted molar refractivity (Wildman–Crippen MR) is 72.5 cm³/mol. The first kappa shape index (κ1) is 18.6. The van der Waals surface area contributed by atoms with E-state index in [1.54, 1.807) is 0 Å². The van der Waals surface area contributed by atoms with Crippen LogP contribution < -0.4 is 21.7 Å². The summed E-state index contributed by atoms with van der Waals surface area (Å²) in [6.07, 6.45) is 1.33. The number of alkyl halides is 1. The van der Waals surface area contributed by atoms with Crippen molar-refractivity contribution in [3.05, 3.63) is 0 Å². The first-order valence-corrected chi connectivity index (χ1v) is 6.70. The van der Waals surface area contributed by atoms with Crippen molar-refractivity contribution in [2.45, 2.75) is 25.7 Å². The molecule has 0 radical (unpaired) electrons. The summed E-state index contributed by atoms with van der Waals surface area (Å²) in [7, 11) is 0. The summed E-state index contributed by atoms with van der Waals surface area (Å²) in [5.41, 5.74) is 8.93. The van der Waals surface area contributed by atoms with Crippen LogP contribution in [0.1, 0.15) is 25.7 Å². The van der Waals surface area contributed by atoms with Gasteiger partial charge in [0.1, 0.15) is 5.88 Å². The Morgan fingerprint density at radius 3 is 1.80 bits per heavy atom. The van der Waals surface area contributed by atoms with Crippen molar-refractivity contribution in [3.8, 4) is 0 Å². The lowest BCUT2D eigenvalue weighted by atomic mass is 10.2. The molecule has 10 heteroatoms. The summed E-state index contributed by atoms with van der Waals surface area (Å²) in [4.78, 5) is 43.5.